The van der Waals surface area contributed by atoms with Crippen molar-refractivity contribution in [2.24, 2.45) is 5.84 Å². The molecule has 1 aromatic carbocycles. The molecule has 1 heterocycles. The maximum atomic E-state index is 11.3. The van der Waals surface area contributed by atoms with Crippen LogP contribution in [-0.2, 0) is 5.75 Å². The van der Waals surface area contributed by atoms with Crippen LogP contribution < -0.4 is 17.0 Å². The van der Waals surface area contributed by atoms with Gasteiger partial charge in [-0.3, -0.25) is 10.2 Å². The van der Waals surface area contributed by atoms with Crippen molar-refractivity contribution >= 4 is 23.4 Å². The molecule has 100 valence electrons. The summed E-state index contributed by atoms with van der Waals surface area (Å²) in [4.78, 5) is 12.3. The van der Waals surface area contributed by atoms with Crippen molar-refractivity contribution < 1.29 is 9.21 Å². The van der Waals surface area contributed by atoms with Gasteiger partial charge in [-0.05, 0) is 30.7 Å². The first kappa shape index (κ1) is 13.5. The number of carbonyl (C=O) groups is 1. The van der Waals surface area contributed by atoms with Crippen molar-refractivity contribution in [1.29, 1.82) is 0 Å². The van der Waals surface area contributed by atoms with Crippen molar-refractivity contribution in [3.63, 3.8) is 0 Å². The molecule has 0 aliphatic heterocycles. The van der Waals surface area contributed by atoms with Gasteiger partial charge < -0.3 is 10.2 Å². The lowest BCUT2D eigenvalue weighted by atomic mass is 10.2. The number of amides is 1. The molecule has 0 bridgehead atoms. The smallest absolute Gasteiger partial charge is 0.268 e. The molecule has 6 heteroatoms. The maximum Gasteiger partial charge on any atom is 0.268 e. The fourth-order valence-electron chi connectivity index (χ4n) is 1.57. The minimum Gasteiger partial charge on any atom is -0.468 e. The number of nitrogen functional groups attached to an aromatic ring is 2. The lowest BCUT2D eigenvalue weighted by Gasteiger charge is -2.05. The van der Waals surface area contributed by atoms with E-state index in [1.165, 1.54) is 6.26 Å². The molecule has 5 nitrogen and oxygen atoms in total. The van der Waals surface area contributed by atoms with Gasteiger partial charge in [-0.15, -0.1) is 11.8 Å². The van der Waals surface area contributed by atoms with Gasteiger partial charge in [0.1, 0.15) is 12.0 Å². The number of hydrazine groups is 1. The van der Waals surface area contributed by atoms with Gasteiger partial charge in [-0.1, -0.05) is 6.07 Å². The molecule has 2 aromatic rings. The number of hydrogen-bond donors (Lipinski definition) is 3. The van der Waals surface area contributed by atoms with Crippen LogP contribution in [0.4, 0.5) is 5.69 Å². The predicted molar refractivity (Wildman–Crippen MR) is 75.5 cm³/mol. The minimum absolute atomic E-state index is 0.366. The predicted octanol–water partition coefficient (Wildman–Crippen LogP) is 2.07. The van der Waals surface area contributed by atoms with E-state index >= 15 is 0 Å². The van der Waals surface area contributed by atoms with Gasteiger partial charge >= 0.3 is 0 Å². The molecule has 0 aliphatic rings. The second kappa shape index (κ2) is 5.81. The third-order valence-electron chi connectivity index (χ3n) is 2.59. The van der Waals surface area contributed by atoms with Gasteiger partial charge in [0.15, 0.2) is 0 Å². The Labute approximate surface area is 115 Å². The summed E-state index contributed by atoms with van der Waals surface area (Å²) in [5.74, 6) is 5.99. The van der Waals surface area contributed by atoms with E-state index in [-0.39, 0.29) is 5.91 Å². The van der Waals surface area contributed by atoms with E-state index < -0.39 is 0 Å². The lowest BCUT2D eigenvalue weighted by Crippen LogP contribution is -2.29. The van der Waals surface area contributed by atoms with E-state index in [0.717, 1.165) is 16.1 Å². The number of hydrogen-bond acceptors (Lipinski definition) is 5. The van der Waals surface area contributed by atoms with Crippen LogP contribution in [-0.4, -0.2) is 5.91 Å². The average Bonchev–Trinajstić information content (AvgIpc) is 2.88. The SMILES string of the molecule is Cc1ccc(N)c(SCc2cc(C(=O)NN)co2)c1. The largest absolute Gasteiger partial charge is 0.468 e. The third kappa shape index (κ3) is 3.30. The summed E-state index contributed by atoms with van der Waals surface area (Å²) in [6.45, 7) is 2.01. The Morgan fingerprint density at radius 3 is 2.95 bits per heavy atom. The Morgan fingerprint density at radius 2 is 2.21 bits per heavy atom. The molecule has 2 rings (SSSR count). The molecular formula is C13H15N3O2S. The van der Waals surface area contributed by atoms with Crippen LogP contribution in [0.3, 0.4) is 0 Å². The summed E-state index contributed by atoms with van der Waals surface area (Å²) in [6.07, 6.45) is 1.39. The molecule has 1 aromatic heterocycles. The first-order chi connectivity index (χ1) is 9.10. The molecule has 0 spiro atoms. The zero-order chi connectivity index (χ0) is 13.8. The summed E-state index contributed by atoms with van der Waals surface area (Å²) < 4.78 is 5.30. The summed E-state index contributed by atoms with van der Waals surface area (Å²) in [6, 6.07) is 7.54. The molecule has 19 heavy (non-hydrogen) atoms. The summed E-state index contributed by atoms with van der Waals surface area (Å²) in [7, 11) is 0. The molecule has 0 saturated carbocycles. The van der Waals surface area contributed by atoms with Gasteiger partial charge in [0, 0.05) is 10.6 Å². The van der Waals surface area contributed by atoms with Crippen LogP contribution in [0.15, 0.2) is 39.8 Å². The van der Waals surface area contributed by atoms with Crippen LogP contribution >= 0.6 is 11.8 Å². The summed E-state index contributed by atoms with van der Waals surface area (Å²) >= 11 is 1.57. The van der Waals surface area contributed by atoms with E-state index in [9.17, 15) is 4.79 Å². The Morgan fingerprint density at radius 1 is 1.42 bits per heavy atom. The number of anilines is 1. The zero-order valence-corrected chi connectivity index (χ0v) is 11.3. The van der Waals surface area contributed by atoms with Gasteiger partial charge in [0.05, 0.1) is 11.3 Å². The van der Waals surface area contributed by atoms with Gasteiger partial charge in [0.25, 0.3) is 5.91 Å². The number of nitrogens with two attached hydrogens (primary N) is 2. The van der Waals surface area contributed by atoms with Crippen molar-refractivity contribution in [3.05, 3.63) is 47.4 Å². The minimum atomic E-state index is -0.366. The monoisotopic (exact) mass is 277 g/mol. The Balaban J connectivity index is 2.04. The van der Waals surface area contributed by atoms with Crippen LogP contribution in [0, 0.1) is 6.92 Å². The van der Waals surface area contributed by atoms with Gasteiger partial charge in [0.2, 0.25) is 0 Å². The van der Waals surface area contributed by atoms with E-state index in [2.05, 4.69) is 5.43 Å². The van der Waals surface area contributed by atoms with Crippen molar-refractivity contribution in [1.82, 2.24) is 5.43 Å². The number of carbonyl (C=O) groups excluding carboxylic acids is 1. The fraction of sp³-hybridized carbons (Fsp3) is 0.154. The molecule has 0 aliphatic carbocycles. The maximum absolute atomic E-state index is 11.3. The molecule has 0 saturated heterocycles. The highest BCUT2D eigenvalue weighted by Gasteiger charge is 2.09. The highest BCUT2D eigenvalue weighted by atomic mass is 32.2. The molecule has 5 N–H and O–H groups in total. The standard InChI is InChI=1S/C13H15N3O2S/c1-8-2-3-11(14)12(4-8)19-7-10-5-9(6-18-10)13(17)16-15/h2-6H,7,14-15H2,1H3,(H,16,17). The Hall–Kier alpha value is -1.92. The van der Waals surface area contributed by atoms with Crippen LogP contribution in [0.2, 0.25) is 0 Å². The number of aryl methyl sites for hydroxylation is 1. The van der Waals surface area contributed by atoms with Crippen LogP contribution in [0.25, 0.3) is 0 Å². The number of rotatable bonds is 4. The van der Waals surface area contributed by atoms with Gasteiger partial charge in [-0.25, -0.2) is 5.84 Å². The van der Waals surface area contributed by atoms with Crippen molar-refractivity contribution in [2.45, 2.75) is 17.6 Å². The molecule has 0 radical (unpaired) electrons. The van der Waals surface area contributed by atoms with E-state index in [1.54, 1.807) is 17.8 Å². The van der Waals surface area contributed by atoms with E-state index in [4.69, 9.17) is 16.0 Å². The fourth-order valence-corrected chi connectivity index (χ4v) is 2.53. The van der Waals surface area contributed by atoms with Crippen molar-refractivity contribution in [3.8, 4) is 0 Å². The summed E-state index contributed by atoms with van der Waals surface area (Å²) in [5, 5.41) is 0. The second-order valence-electron chi connectivity index (χ2n) is 4.11. The number of furan rings is 1. The average molecular weight is 277 g/mol. The lowest BCUT2D eigenvalue weighted by molar-refractivity contribution is 0.0953. The number of thioether (sulfide) groups is 1. The topological polar surface area (TPSA) is 94.3 Å². The normalized spacial score (nSPS) is 10.4. The highest BCUT2D eigenvalue weighted by molar-refractivity contribution is 7.98. The number of nitrogens with one attached hydrogen (secondary N) is 1. The van der Waals surface area contributed by atoms with Crippen LogP contribution in [0.5, 0.6) is 0 Å². The highest BCUT2D eigenvalue weighted by Crippen LogP contribution is 2.29. The van der Waals surface area contributed by atoms with Crippen LogP contribution in [0.1, 0.15) is 21.7 Å². The quantitative estimate of drug-likeness (QED) is 0.261. The molecular weight excluding hydrogens is 262 g/mol. The molecule has 0 atom stereocenters. The molecule has 0 unspecified atom stereocenters. The third-order valence-corrected chi connectivity index (χ3v) is 3.68. The van der Waals surface area contributed by atoms with E-state index in [1.807, 2.05) is 25.1 Å². The zero-order valence-electron chi connectivity index (χ0n) is 10.5. The Kier molecular flexibility index (Phi) is 4.13. The van der Waals surface area contributed by atoms with Crippen molar-refractivity contribution in [2.75, 3.05) is 5.73 Å². The van der Waals surface area contributed by atoms with E-state index in [0.29, 0.717) is 17.1 Å². The van der Waals surface area contributed by atoms with Gasteiger partial charge in [-0.2, -0.15) is 0 Å². The Bertz CT molecular complexity index is 595. The summed E-state index contributed by atoms with van der Waals surface area (Å²) in [5.41, 5.74) is 10.3. The second-order valence-corrected chi connectivity index (χ2v) is 5.12. The first-order valence-electron chi connectivity index (χ1n) is 5.67. The molecule has 1 amide bonds. The number of benzene rings is 1. The first-order valence-corrected chi connectivity index (χ1v) is 6.66. The molecule has 0 fully saturated rings.